The van der Waals surface area contributed by atoms with Crippen molar-refractivity contribution in [2.75, 3.05) is 7.11 Å². The molecule has 2 heterocycles. The molecule has 0 N–H and O–H groups in total. The van der Waals surface area contributed by atoms with Gasteiger partial charge in [0.15, 0.2) is 5.72 Å². The van der Waals surface area contributed by atoms with Crippen molar-refractivity contribution in [1.82, 2.24) is 5.01 Å². The van der Waals surface area contributed by atoms with Crippen LogP contribution < -0.4 is 9.47 Å². The predicted octanol–water partition coefficient (Wildman–Crippen LogP) is 5.55. The number of rotatable bonds is 2. The van der Waals surface area contributed by atoms with Gasteiger partial charge in [-0.1, -0.05) is 18.0 Å². The Hall–Kier alpha value is -2.20. The first-order valence-corrected chi connectivity index (χ1v) is 10.1. The van der Waals surface area contributed by atoms with Crippen LogP contribution >= 0.6 is 11.6 Å². The molecule has 1 fully saturated rings. The Kier molecular flexibility index (Phi) is 4.05. The lowest BCUT2D eigenvalue weighted by atomic mass is 9.86. The molecule has 3 aliphatic rings. The molecule has 1 spiro atoms. The summed E-state index contributed by atoms with van der Waals surface area (Å²) >= 11 is 6.31. The molecule has 0 radical (unpaired) electrons. The Bertz CT molecular complexity index is 888. The predicted molar refractivity (Wildman–Crippen MR) is 107 cm³/mol. The second-order valence-corrected chi connectivity index (χ2v) is 8.07. The average Bonchev–Trinajstić information content (AvgIpc) is 3.16. The monoisotopic (exact) mass is 382 g/mol. The molecule has 2 aliphatic heterocycles. The van der Waals surface area contributed by atoms with E-state index in [9.17, 15) is 0 Å². The molecule has 0 bridgehead atoms. The largest absolute Gasteiger partial charge is 0.497 e. The summed E-state index contributed by atoms with van der Waals surface area (Å²) < 4.78 is 11.9. The van der Waals surface area contributed by atoms with Crippen molar-refractivity contribution < 1.29 is 9.47 Å². The minimum atomic E-state index is -0.321. The van der Waals surface area contributed by atoms with Gasteiger partial charge in [0.25, 0.3) is 0 Å². The Morgan fingerprint density at radius 3 is 2.63 bits per heavy atom. The molecule has 0 saturated heterocycles. The standard InChI is InChI=1S/C22H23ClN2O2/c1-26-17-8-5-15(6-9-17)19-14-20-18-13-16(23)7-10-21(18)27-22(25(20)24-19)11-3-2-4-12-22/h5-10,13,20H,2-4,11-12,14H2,1H3/t20-/m1/s1. The van der Waals surface area contributed by atoms with Crippen LogP contribution in [-0.4, -0.2) is 23.6 Å². The van der Waals surface area contributed by atoms with Gasteiger partial charge in [0.2, 0.25) is 0 Å². The fourth-order valence-electron chi connectivity index (χ4n) is 4.65. The van der Waals surface area contributed by atoms with Gasteiger partial charge in [-0.2, -0.15) is 5.10 Å². The van der Waals surface area contributed by atoms with Crippen LogP contribution in [0.15, 0.2) is 47.6 Å². The van der Waals surface area contributed by atoms with E-state index < -0.39 is 0 Å². The summed E-state index contributed by atoms with van der Waals surface area (Å²) in [6, 6.07) is 14.3. The van der Waals surface area contributed by atoms with Crippen molar-refractivity contribution in [3.8, 4) is 11.5 Å². The maximum absolute atomic E-state index is 6.59. The Morgan fingerprint density at radius 2 is 1.89 bits per heavy atom. The fourth-order valence-corrected chi connectivity index (χ4v) is 4.83. The number of methoxy groups -OCH3 is 1. The van der Waals surface area contributed by atoms with Crippen molar-refractivity contribution in [1.29, 1.82) is 0 Å². The lowest BCUT2D eigenvalue weighted by Crippen LogP contribution is -2.54. The van der Waals surface area contributed by atoms with E-state index in [4.69, 9.17) is 26.2 Å². The van der Waals surface area contributed by atoms with E-state index in [1.54, 1.807) is 7.11 Å². The number of fused-ring (bicyclic) bond motifs is 4. The summed E-state index contributed by atoms with van der Waals surface area (Å²) in [4.78, 5) is 0. The van der Waals surface area contributed by atoms with Crippen LogP contribution in [0.4, 0.5) is 0 Å². The van der Waals surface area contributed by atoms with Gasteiger partial charge >= 0.3 is 0 Å². The molecule has 2 aromatic carbocycles. The van der Waals surface area contributed by atoms with E-state index in [0.29, 0.717) is 0 Å². The molecule has 5 rings (SSSR count). The van der Waals surface area contributed by atoms with Crippen LogP contribution in [0.3, 0.4) is 0 Å². The first-order chi connectivity index (χ1) is 13.2. The molecular formula is C22H23ClN2O2. The van der Waals surface area contributed by atoms with Crippen molar-refractivity contribution in [3.05, 3.63) is 58.6 Å². The maximum atomic E-state index is 6.59. The van der Waals surface area contributed by atoms with Gasteiger partial charge in [-0.3, -0.25) is 0 Å². The summed E-state index contributed by atoms with van der Waals surface area (Å²) in [6.45, 7) is 0. The molecule has 1 saturated carbocycles. The molecule has 5 heteroatoms. The van der Waals surface area contributed by atoms with Gasteiger partial charge in [-0.15, -0.1) is 0 Å². The molecule has 0 unspecified atom stereocenters. The Morgan fingerprint density at radius 1 is 1.11 bits per heavy atom. The SMILES string of the molecule is COc1ccc(C2=NN3[C@H](C2)c2cc(Cl)ccc2OC32CCCCC2)cc1. The lowest BCUT2D eigenvalue weighted by molar-refractivity contribution is -0.140. The van der Waals surface area contributed by atoms with E-state index in [1.807, 2.05) is 30.3 Å². The molecule has 27 heavy (non-hydrogen) atoms. The summed E-state index contributed by atoms with van der Waals surface area (Å²) in [5.74, 6) is 1.83. The van der Waals surface area contributed by atoms with Gasteiger partial charge in [-0.05, 0) is 60.9 Å². The van der Waals surface area contributed by atoms with E-state index >= 15 is 0 Å². The third-order valence-corrected chi connectivity index (χ3v) is 6.25. The fraction of sp³-hybridized carbons (Fsp3) is 0.409. The maximum Gasteiger partial charge on any atom is 0.198 e. The number of hydrogen-bond donors (Lipinski definition) is 0. The third-order valence-electron chi connectivity index (χ3n) is 6.02. The molecular weight excluding hydrogens is 360 g/mol. The summed E-state index contributed by atoms with van der Waals surface area (Å²) in [5.41, 5.74) is 3.06. The quantitative estimate of drug-likeness (QED) is 0.682. The number of hydrazone groups is 1. The van der Waals surface area contributed by atoms with E-state index in [-0.39, 0.29) is 11.8 Å². The van der Waals surface area contributed by atoms with E-state index in [2.05, 4.69) is 17.1 Å². The molecule has 1 atom stereocenters. The molecule has 4 nitrogen and oxygen atoms in total. The number of nitrogens with zero attached hydrogens (tertiary/aromatic N) is 2. The van der Waals surface area contributed by atoms with Crippen molar-refractivity contribution in [2.45, 2.75) is 50.3 Å². The van der Waals surface area contributed by atoms with Gasteiger partial charge in [0, 0.05) is 29.8 Å². The van der Waals surface area contributed by atoms with E-state index in [0.717, 1.165) is 52.6 Å². The zero-order valence-corrected chi connectivity index (χ0v) is 16.2. The van der Waals surface area contributed by atoms with E-state index in [1.165, 1.54) is 19.3 Å². The number of ether oxygens (including phenoxy) is 2. The Balaban J connectivity index is 1.57. The van der Waals surface area contributed by atoms with Crippen molar-refractivity contribution >= 4 is 17.3 Å². The van der Waals surface area contributed by atoms with Gasteiger partial charge in [0.1, 0.15) is 11.5 Å². The second-order valence-electron chi connectivity index (χ2n) is 7.63. The average molecular weight is 383 g/mol. The number of benzene rings is 2. The van der Waals surface area contributed by atoms with Gasteiger partial charge < -0.3 is 9.47 Å². The summed E-state index contributed by atoms with van der Waals surface area (Å²) in [6.07, 6.45) is 6.53. The molecule has 2 aromatic rings. The highest BCUT2D eigenvalue weighted by Gasteiger charge is 2.50. The van der Waals surface area contributed by atoms with Crippen LogP contribution in [0.5, 0.6) is 11.5 Å². The first-order valence-electron chi connectivity index (χ1n) is 9.68. The van der Waals surface area contributed by atoms with Gasteiger partial charge in [-0.25, -0.2) is 5.01 Å². The smallest absolute Gasteiger partial charge is 0.198 e. The Labute approximate surface area is 164 Å². The zero-order chi connectivity index (χ0) is 18.4. The first kappa shape index (κ1) is 16.9. The summed E-state index contributed by atoms with van der Waals surface area (Å²) in [5, 5.41) is 8.07. The second kappa shape index (κ2) is 6.45. The molecule has 0 amide bonds. The lowest BCUT2D eigenvalue weighted by Gasteiger charge is -2.49. The topological polar surface area (TPSA) is 34.1 Å². The van der Waals surface area contributed by atoms with Crippen LogP contribution in [0.2, 0.25) is 5.02 Å². The van der Waals surface area contributed by atoms with Crippen LogP contribution in [0, 0.1) is 0 Å². The highest BCUT2D eigenvalue weighted by molar-refractivity contribution is 6.30. The van der Waals surface area contributed by atoms with Gasteiger partial charge in [0.05, 0.1) is 18.9 Å². The van der Waals surface area contributed by atoms with Crippen molar-refractivity contribution in [3.63, 3.8) is 0 Å². The third kappa shape index (κ3) is 2.78. The number of halogens is 1. The van der Waals surface area contributed by atoms with Crippen LogP contribution in [0.1, 0.15) is 55.7 Å². The minimum Gasteiger partial charge on any atom is -0.497 e. The normalized spacial score (nSPS) is 22.7. The van der Waals surface area contributed by atoms with Crippen LogP contribution in [-0.2, 0) is 0 Å². The highest BCUT2D eigenvalue weighted by atomic mass is 35.5. The van der Waals surface area contributed by atoms with Crippen molar-refractivity contribution in [2.24, 2.45) is 5.10 Å². The highest BCUT2D eigenvalue weighted by Crippen LogP contribution is 2.51. The molecule has 0 aromatic heterocycles. The van der Waals surface area contributed by atoms with Crippen LogP contribution in [0.25, 0.3) is 0 Å². The number of hydrogen-bond acceptors (Lipinski definition) is 4. The zero-order valence-electron chi connectivity index (χ0n) is 15.5. The summed E-state index contributed by atoms with van der Waals surface area (Å²) in [7, 11) is 1.69. The minimum absolute atomic E-state index is 0.183. The molecule has 1 aliphatic carbocycles. The molecule has 140 valence electrons.